The average molecular weight is 324 g/mol. The van der Waals surface area contributed by atoms with Gasteiger partial charge in [-0.25, -0.2) is 0 Å². The second kappa shape index (κ2) is 5.75. The van der Waals surface area contributed by atoms with E-state index in [0.29, 0.717) is 6.61 Å². The lowest BCUT2D eigenvalue weighted by atomic mass is 9.98. The minimum Gasteiger partial charge on any atom is -0.446 e. The first-order chi connectivity index (χ1) is 10.8. The van der Waals surface area contributed by atoms with Crippen LogP contribution >= 0.6 is 12.2 Å². The van der Waals surface area contributed by atoms with Crippen LogP contribution in [0.3, 0.4) is 0 Å². The van der Waals surface area contributed by atoms with Crippen LogP contribution in [0.25, 0.3) is 0 Å². The van der Waals surface area contributed by atoms with Crippen molar-refractivity contribution in [3.63, 3.8) is 0 Å². The fraction of sp³-hybridized carbons (Fsp3) is 0.533. The molecule has 0 radical (unpaired) electrons. The van der Waals surface area contributed by atoms with Gasteiger partial charge in [-0.15, -0.1) is 0 Å². The molecule has 0 spiro atoms. The van der Waals surface area contributed by atoms with Gasteiger partial charge in [0.2, 0.25) is 0 Å². The molecule has 0 aromatic heterocycles. The molecule has 1 aromatic carbocycles. The Morgan fingerprint density at radius 3 is 2.59 bits per heavy atom. The highest BCUT2D eigenvalue weighted by molar-refractivity contribution is 7.79. The van der Waals surface area contributed by atoms with Gasteiger partial charge in [-0.05, 0) is 0 Å². The van der Waals surface area contributed by atoms with E-state index in [9.17, 15) is 0 Å². The fourth-order valence-corrected chi connectivity index (χ4v) is 3.25. The first kappa shape index (κ1) is 14.3. The number of hydrogen-bond donors (Lipinski definition) is 0. The zero-order valence-electron chi connectivity index (χ0n) is 11.9. The molecule has 6 nitrogen and oxygen atoms in total. The molecular formula is C15H16O6S. The summed E-state index contributed by atoms with van der Waals surface area (Å²) < 4.78 is 34.1. The summed E-state index contributed by atoms with van der Waals surface area (Å²) in [6.45, 7) is 0.392. The van der Waals surface area contributed by atoms with E-state index in [4.69, 9.17) is 40.6 Å². The van der Waals surface area contributed by atoms with Gasteiger partial charge in [0.1, 0.15) is 12.2 Å². The normalized spacial score (nSPS) is 40.3. The number of fused-ring (bicyclic) bond motifs is 3. The van der Waals surface area contributed by atoms with Crippen molar-refractivity contribution in [1.29, 1.82) is 0 Å². The van der Waals surface area contributed by atoms with Gasteiger partial charge in [0, 0.05) is 24.9 Å². The van der Waals surface area contributed by atoms with E-state index in [0.717, 1.165) is 5.56 Å². The molecule has 3 saturated heterocycles. The van der Waals surface area contributed by atoms with Gasteiger partial charge in [0.05, 0.1) is 6.61 Å². The van der Waals surface area contributed by atoms with Crippen molar-refractivity contribution in [3.8, 4) is 0 Å². The molecule has 0 saturated carbocycles. The zero-order chi connectivity index (χ0) is 15.1. The van der Waals surface area contributed by atoms with Crippen LogP contribution in [0.5, 0.6) is 0 Å². The minimum atomic E-state index is -0.549. The van der Waals surface area contributed by atoms with E-state index in [1.807, 2.05) is 30.3 Å². The van der Waals surface area contributed by atoms with Crippen molar-refractivity contribution in [3.05, 3.63) is 35.9 Å². The van der Waals surface area contributed by atoms with Crippen LogP contribution in [0.2, 0.25) is 0 Å². The van der Waals surface area contributed by atoms with Gasteiger partial charge in [0.15, 0.2) is 24.8 Å². The van der Waals surface area contributed by atoms with E-state index in [2.05, 4.69) is 0 Å². The molecule has 1 aromatic rings. The monoisotopic (exact) mass is 324 g/mol. The Labute approximate surface area is 133 Å². The number of hydrogen-bond acceptors (Lipinski definition) is 7. The lowest BCUT2D eigenvalue weighted by Gasteiger charge is -2.44. The molecule has 3 aliphatic heterocycles. The Morgan fingerprint density at radius 2 is 1.82 bits per heavy atom. The lowest BCUT2D eigenvalue weighted by molar-refractivity contribution is -0.343. The van der Waals surface area contributed by atoms with E-state index in [1.54, 1.807) is 7.11 Å². The Morgan fingerprint density at radius 1 is 1.05 bits per heavy atom. The standard InChI is InChI=1S/C15H16O6S/c1-16-14-12-11(20-15(22)21-12)10-9(18-14)7-17-13(19-10)8-5-3-2-4-6-8/h2-6,9-14H,7H2,1H3/t9-,10-,11+,12-,13?,14-/m1/s1. The second-order valence-corrected chi connectivity index (χ2v) is 5.70. The first-order valence-electron chi connectivity index (χ1n) is 7.14. The van der Waals surface area contributed by atoms with Crippen LogP contribution < -0.4 is 0 Å². The predicted molar refractivity (Wildman–Crippen MR) is 78.0 cm³/mol. The zero-order valence-corrected chi connectivity index (χ0v) is 12.7. The second-order valence-electron chi connectivity index (χ2n) is 5.37. The van der Waals surface area contributed by atoms with Gasteiger partial charge >= 0.3 is 5.24 Å². The molecule has 0 bridgehead atoms. The highest BCUT2D eigenvalue weighted by atomic mass is 32.1. The SMILES string of the molecule is CO[C@@H]1O[C@@H]2COC(c3ccccc3)O[C@H]2[C@@H]2OC(=S)O[C@@H]12. The van der Waals surface area contributed by atoms with Crippen molar-refractivity contribution in [1.82, 2.24) is 0 Å². The summed E-state index contributed by atoms with van der Waals surface area (Å²) in [6.07, 6.45) is -2.39. The fourth-order valence-electron chi connectivity index (χ4n) is 3.03. The summed E-state index contributed by atoms with van der Waals surface area (Å²) in [7, 11) is 1.56. The summed E-state index contributed by atoms with van der Waals surface area (Å²) in [5.41, 5.74) is 0.952. The average Bonchev–Trinajstić information content (AvgIpc) is 2.96. The molecule has 1 unspecified atom stereocenters. The lowest BCUT2D eigenvalue weighted by Crippen LogP contribution is -2.61. The predicted octanol–water partition coefficient (Wildman–Crippen LogP) is 1.54. The van der Waals surface area contributed by atoms with E-state index in [1.165, 1.54) is 0 Å². The molecule has 118 valence electrons. The maximum absolute atomic E-state index is 6.06. The van der Waals surface area contributed by atoms with E-state index < -0.39 is 18.7 Å². The summed E-state index contributed by atoms with van der Waals surface area (Å²) in [6, 6.07) is 9.76. The molecule has 22 heavy (non-hydrogen) atoms. The quantitative estimate of drug-likeness (QED) is 0.765. The van der Waals surface area contributed by atoms with Crippen LogP contribution in [0.4, 0.5) is 0 Å². The molecule has 7 heteroatoms. The Hall–Kier alpha value is -1.25. The number of ether oxygens (including phenoxy) is 6. The summed E-state index contributed by atoms with van der Waals surface area (Å²) in [5.74, 6) is 0. The summed E-state index contributed by atoms with van der Waals surface area (Å²) >= 11 is 5.01. The molecule has 3 heterocycles. The molecule has 0 aliphatic carbocycles. The van der Waals surface area contributed by atoms with Crippen LogP contribution in [0.1, 0.15) is 11.9 Å². The Balaban J connectivity index is 1.56. The molecule has 3 aliphatic rings. The molecule has 0 N–H and O–H groups in total. The van der Waals surface area contributed by atoms with Crippen molar-refractivity contribution in [2.45, 2.75) is 37.0 Å². The molecule has 3 fully saturated rings. The van der Waals surface area contributed by atoms with Crippen LogP contribution in [0.15, 0.2) is 30.3 Å². The van der Waals surface area contributed by atoms with Crippen LogP contribution in [0, 0.1) is 0 Å². The van der Waals surface area contributed by atoms with Crippen LogP contribution in [-0.2, 0) is 28.4 Å². The minimum absolute atomic E-state index is 0.104. The largest absolute Gasteiger partial charge is 0.446 e. The number of benzene rings is 1. The van der Waals surface area contributed by atoms with Gasteiger partial charge in [-0.2, -0.15) is 0 Å². The van der Waals surface area contributed by atoms with Gasteiger partial charge in [-0.3, -0.25) is 0 Å². The smallest absolute Gasteiger partial charge is 0.353 e. The van der Waals surface area contributed by atoms with Crippen molar-refractivity contribution < 1.29 is 28.4 Å². The van der Waals surface area contributed by atoms with E-state index in [-0.39, 0.29) is 23.5 Å². The Kier molecular flexibility index (Phi) is 3.75. The third-order valence-corrected chi connectivity index (χ3v) is 4.24. The maximum Gasteiger partial charge on any atom is 0.353 e. The van der Waals surface area contributed by atoms with Gasteiger partial charge in [0.25, 0.3) is 0 Å². The third-order valence-electron chi connectivity index (χ3n) is 4.05. The molecule has 0 amide bonds. The van der Waals surface area contributed by atoms with E-state index >= 15 is 0 Å². The number of thiocarbonyl (C=S) groups is 1. The van der Waals surface area contributed by atoms with Crippen molar-refractivity contribution in [2.75, 3.05) is 13.7 Å². The maximum atomic E-state index is 6.06. The van der Waals surface area contributed by atoms with Gasteiger partial charge < -0.3 is 28.4 Å². The molecule has 6 atom stereocenters. The first-order valence-corrected chi connectivity index (χ1v) is 7.54. The summed E-state index contributed by atoms with van der Waals surface area (Å²) in [5, 5.41) is 0.104. The topological polar surface area (TPSA) is 55.4 Å². The molecular weight excluding hydrogens is 308 g/mol. The summed E-state index contributed by atoms with van der Waals surface area (Å²) in [4.78, 5) is 0. The van der Waals surface area contributed by atoms with Gasteiger partial charge in [-0.1, -0.05) is 30.3 Å². The van der Waals surface area contributed by atoms with Crippen LogP contribution in [-0.4, -0.2) is 49.7 Å². The van der Waals surface area contributed by atoms with Crippen molar-refractivity contribution in [2.24, 2.45) is 0 Å². The van der Waals surface area contributed by atoms with Crippen molar-refractivity contribution >= 4 is 17.5 Å². The number of methoxy groups -OCH3 is 1. The highest BCUT2D eigenvalue weighted by Gasteiger charge is 2.56. The number of rotatable bonds is 2. The third kappa shape index (κ3) is 2.39. The Bertz CT molecular complexity index is 552. The highest BCUT2D eigenvalue weighted by Crippen LogP contribution is 2.38. The molecule has 4 rings (SSSR count).